The molecule has 0 saturated carbocycles. The Labute approximate surface area is 114 Å². The van der Waals surface area contributed by atoms with Crippen molar-refractivity contribution in [3.63, 3.8) is 0 Å². The zero-order valence-electron chi connectivity index (χ0n) is 10.9. The van der Waals surface area contributed by atoms with Crippen LogP contribution in [0.5, 0.6) is 0 Å². The molecule has 0 aliphatic carbocycles. The second-order valence-corrected chi connectivity index (χ2v) is 5.82. The molecule has 5 nitrogen and oxygen atoms in total. The Morgan fingerprint density at radius 1 is 1.47 bits per heavy atom. The number of sulfonamides is 1. The summed E-state index contributed by atoms with van der Waals surface area (Å²) in [5.74, 6) is 5.96. The predicted molar refractivity (Wildman–Crippen MR) is 75.1 cm³/mol. The van der Waals surface area contributed by atoms with Crippen LogP contribution in [0.1, 0.15) is 31.7 Å². The van der Waals surface area contributed by atoms with E-state index in [9.17, 15) is 8.42 Å². The van der Waals surface area contributed by atoms with E-state index in [1.54, 1.807) is 12.1 Å². The molecule has 104 valence electrons. The highest BCUT2D eigenvalue weighted by atomic mass is 32.2. The average molecular weight is 282 g/mol. The highest BCUT2D eigenvalue weighted by molar-refractivity contribution is 7.92. The largest absolute Gasteiger partial charge is 0.395 e. The molecule has 0 bridgehead atoms. The monoisotopic (exact) mass is 282 g/mol. The molecule has 0 fully saturated rings. The third-order valence-corrected chi connectivity index (χ3v) is 3.60. The SMILES string of the molecule is CCCCS(=O)(=O)Nc1cc(C#CCCO)ccn1. The number of unbranched alkanes of at least 4 members (excludes halogenated alkanes) is 1. The zero-order chi connectivity index (χ0) is 14.1. The van der Waals surface area contributed by atoms with Crippen LogP contribution >= 0.6 is 0 Å². The van der Waals surface area contributed by atoms with Gasteiger partial charge in [-0.2, -0.15) is 0 Å². The van der Waals surface area contributed by atoms with Gasteiger partial charge in [0.25, 0.3) is 0 Å². The molecular formula is C13H18N2O3S. The van der Waals surface area contributed by atoms with Gasteiger partial charge in [-0.1, -0.05) is 25.2 Å². The maximum Gasteiger partial charge on any atom is 0.233 e. The van der Waals surface area contributed by atoms with E-state index in [2.05, 4.69) is 21.5 Å². The quantitative estimate of drug-likeness (QED) is 0.772. The van der Waals surface area contributed by atoms with Crippen LogP contribution in [0.3, 0.4) is 0 Å². The molecule has 0 amide bonds. The van der Waals surface area contributed by atoms with E-state index in [0.717, 1.165) is 6.42 Å². The van der Waals surface area contributed by atoms with Crippen molar-refractivity contribution in [2.45, 2.75) is 26.2 Å². The van der Waals surface area contributed by atoms with Crippen molar-refractivity contribution in [3.05, 3.63) is 23.9 Å². The summed E-state index contributed by atoms with van der Waals surface area (Å²) in [7, 11) is -3.34. The predicted octanol–water partition coefficient (Wildman–Crippen LogP) is 1.36. The Bertz CT molecular complexity index is 559. The Kier molecular flexibility index (Phi) is 6.33. The fourth-order valence-electron chi connectivity index (χ4n) is 1.33. The molecule has 0 atom stereocenters. The number of anilines is 1. The van der Waals surface area contributed by atoms with Gasteiger partial charge in [-0.3, -0.25) is 4.72 Å². The van der Waals surface area contributed by atoms with Gasteiger partial charge < -0.3 is 5.11 Å². The van der Waals surface area contributed by atoms with E-state index in [1.165, 1.54) is 6.20 Å². The smallest absolute Gasteiger partial charge is 0.233 e. The average Bonchev–Trinajstić information content (AvgIpc) is 2.37. The molecular weight excluding hydrogens is 264 g/mol. The second kappa shape index (κ2) is 7.77. The molecule has 0 aliphatic heterocycles. The van der Waals surface area contributed by atoms with Gasteiger partial charge in [0.2, 0.25) is 10.0 Å². The van der Waals surface area contributed by atoms with Crippen molar-refractivity contribution < 1.29 is 13.5 Å². The summed E-state index contributed by atoms with van der Waals surface area (Å²) in [5.41, 5.74) is 0.664. The van der Waals surface area contributed by atoms with Crippen molar-refractivity contribution in [2.24, 2.45) is 0 Å². The van der Waals surface area contributed by atoms with Crippen LogP contribution in [-0.4, -0.2) is 30.9 Å². The molecule has 2 N–H and O–H groups in total. The van der Waals surface area contributed by atoms with Crippen LogP contribution in [0.15, 0.2) is 18.3 Å². The van der Waals surface area contributed by atoms with Gasteiger partial charge in [-0.05, 0) is 18.6 Å². The zero-order valence-corrected chi connectivity index (χ0v) is 11.7. The summed E-state index contributed by atoms with van der Waals surface area (Å²) >= 11 is 0. The van der Waals surface area contributed by atoms with Gasteiger partial charge in [0.05, 0.1) is 12.4 Å². The molecule has 1 rings (SSSR count). The number of nitrogens with one attached hydrogen (secondary N) is 1. The fraction of sp³-hybridized carbons (Fsp3) is 0.462. The van der Waals surface area contributed by atoms with Crippen molar-refractivity contribution in [1.82, 2.24) is 4.98 Å². The van der Waals surface area contributed by atoms with E-state index in [4.69, 9.17) is 5.11 Å². The van der Waals surface area contributed by atoms with Crippen LogP contribution < -0.4 is 4.72 Å². The maximum atomic E-state index is 11.7. The lowest BCUT2D eigenvalue weighted by Gasteiger charge is -2.06. The first-order valence-corrected chi connectivity index (χ1v) is 7.79. The number of aromatic nitrogens is 1. The lowest BCUT2D eigenvalue weighted by atomic mass is 10.2. The molecule has 0 radical (unpaired) electrons. The number of rotatable bonds is 6. The standard InChI is InChI=1S/C13H18N2O3S/c1-2-3-10-19(17,18)15-13-11-12(7-8-14-13)6-4-5-9-16/h7-8,11,16H,2-3,5,9-10H2,1H3,(H,14,15). The van der Waals surface area contributed by atoms with E-state index in [1.807, 2.05) is 6.92 Å². The van der Waals surface area contributed by atoms with Crippen LogP contribution in [0, 0.1) is 11.8 Å². The minimum Gasteiger partial charge on any atom is -0.395 e. The molecule has 6 heteroatoms. The lowest BCUT2D eigenvalue weighted by Crippen LogP contribution is -2.17. The molecule has 1 heterocycles. The lowest BCUT2D eigenvalue weighted by molar-refractivity contribution is 0.305. The molecule has 0 spiro atoms. The van der Waals surface area contributed by atoms with Crippen LogP contribution in [0.4, 0.5) is 5.82 Å². The van der Waals surface area contributed by atoms with Crippen molar-refractivity contribution in [2.75, 3.05) is 17.1 Å². The highest BCUT2D eigenvalue weighted by Gasteiger charge is 2.10. The fourth-order valence-corrected chi connectivity index (χ4v) is 2.53. The number of pyridine rings is 1. The topological polar surface area (TPSA) is 79.3 Å². The minimum atomic E-state index is -3.34. The Hall–Kier alpha value is -1.58. The normalized spacial score (nSPS) is 10.6. The van der Waals surface area contributed by atoms with Gasteiger partial charge >= 0.3 is 0 Å². The first-order valence-electron chi connectivity index (χ1n) is 6.13. The Morgan fingerprint density at radius 2 is 2.26 bits per heavy atom. The molecule has 1 aromatic rings. The third-order valence-electron chi connectivity index (χ3n) is 2.26. The number of hydrogen-bond donors (Lipinski definition) is 2. The summed E-state index contributed by atoms with van der Waals surface area (Å²) in [6, 6.07) is 3.27. The molecule has 0 aliphatic rings. The van der Waals surface area contributed by atoms with Gasteiger partial charge in [-0.25, -0.2) is 13.4 Å². The molecule has 0 unspecified atom stereocenters. The molecule has 0 aromatic carbocycles. The highest BCUT2D eigenvalue weighted by Crippen LogP contribution is 2.09. The van der Waals surface area contributed by atoms with Crippen LogP contribution in [0.2, 0.25) is 0 Å². The van der Waals surface area contributed by atoms with Crippen LogP contribution in [-0.2, 0) is 10.0 Å². The van der Waals surface area contributed by atoms with Crippen molar-refractivity contribution in [1.29, 1.82) is 0 Å². The molecule has 0 saturated heterocycles. The summed E-state index contributed by atoms with van der Waals surface area (Å²) in [6.07, 6.45) is 3.33. The number of aliphatic hydroxyl groups is 1. The van der Waals surface area contributed by atoms with Crippen molar-refractivity contribution >= 4 is 15.8 Å². The summed E-state index contributed by atoms with van der Waals surface area (Å²) < 4.78 is 25.8. The van der Waals surface area contributed by atoms with E-state index in [0.29, 0.717) is 18.4 Å². The van der Waals surface area contributed by atoms with Crippen molar-refractivity contribution in [3.8, 4) is 11.8 Å². The summed E-state index contributed by atoms with van der Waals surface area (Å²) in [6.45, 7) is 1.94. The Morgan fingerprint density at radius 3 is 2.95 bits per heavy atom. The molecule has 19 heavy (non-hydrogen) atoms. The van der Waals surface area contributed by atoms with E-state index < -0.39 is 10.0 Å². The van der Waals surface area contributed by atoms with E-state index in [-0.39, 0.29) is 18.2 Å². The summed E-state index contributed by atoms with van der Waals surface area (Å²) in [4.78, 5) is 3.95. The summed E-state index contributed by atoms with van der Waals surface area (Å²) in [5, 5.41) is 8.63. The maximum absolute atomic E-state index is 11.7. The second-order valence-electron chi connectivity index (χ2n) is 3.98. The number of aliphatic hydroxyl groups excluding tert-OH is 1. The van der Waals surface area contributed by atoms with Crippen LogP contribution in [0.25, 0.3) is 0 Å². The van der Waals surface area contributed by atoms with Gasteiger partial charge in [0.15, 0.2) is 0 Å². The molecule has 1 aromatic heterocycles. The van der Waals surface area contributed by atoms with Gasteiger partial charge in [-0.15, -0.1) is 0 Å². The Balaban J connectivity index is 2.75. The van der Waals surface area contributed by atoms with E-state index >= 15 is 0 Å². The van der Waals surface area contributed by atoms with Gasteiger partial charge in [0, 0.05) is 18.2 Å². The van der Waals surface area contributed by atoms with Gasteiger partial charge in [0.1, 0.15) is 5.82 Å². The first-order chi connectivity index (χ1) is 9.07. The first kappa shape index (κ1) is 15.5. The number of nitrogens with zero attached hydrogens (tertiary/aromatic N) is 1. The minimum absolute atomic E-state index is 0.00852. The number of hydrogen-bond acceptors (Lipinski definition) is 4. The third kappa shape index (κ3) is 6.22.